The molecule has 1 fully saturated rings. The highest BCUT2D eigenvalue weighted by Crippen LogP contribution is 2.39. The van der Waals surface area contributed by atoms with Gasteiger partial charge in [-0.15, -0.1) is 0 Å². The molecular weight excluding hydrogens is 272 g/mol. The standard InChI is InChI=1S/C13H15ClO5/c1-18-11-6-7(13(16)17)5-8(14)12(11)19-10-4-2-3-9(10)15/h5-6,9-10,15H,2-4H2,1H3,(H,16,17). The van der Waals surface area contributed by atoms with Crippen molar-refractivity contribution >= 4 is 17.6 Å². The van der Waals surface area contributed by atoms with E-state index in [1.54, 1.807) is 0 Å². The molecule has 1 aliphatic carbocycles. The molecule has 1 aromatic rings. The van der Waals surface area contributed by atoms with E-state index < -0.39 is 12.1 Å². The quantitative estimate of drug-likeness (QED) is 0.888. The molecule has 0 bridgehead atoms. The van der Waals surface area contributed by atoms with Crippen molar-refractivity contribution in [1.82, 2.24) is 0 Å². The van der Waals surface area contributed by atoms with Gasteiger partial charge in [0.15, 0.2) is 11.5 Å². The number of rotatable bonds is 4. The van der Waals surface area contributed by atoms with Gasteiger partial charge < -0.3 is 19.7 Å². The highest BCUT2D eigenvalue weighted by molar-refractivity contribution is 6.32. The number of aliphatic hydroxyl groups is 1. The Balaban J connectivity index is 2.31. The highest BCUT2D eigenvalue weighted by Gasteiger charge is 2.29. The Labute approximate surface area is 115 Å². The fourth-order valence-corrected chi connectivity index (χ4v) is 2.41. The molecule has 2 N–H and O–H groups in total. The van der Waals surface area contributed by atoms with Crippen LogP contribution in [0.15, 0.2) is 12.1 Å². The smallest absolute Gasteiger partial charge is 0.335 e. The van der Waals surface area contributed by atoms with E-state index in [9.17, 15) is 9.90 Å². The normalized spacial score (nSPS) is 22.3. The van der Waals surface area contributed by atoms with Crippen LogP contribution in [0.2, 0.25) is 5.02 Å². The van der Waals surface area contributed by atoms with Crippen LogP contribution in [0.5, 0.6) is 11.5 Å². The first kappa shape index (κ1) is 14.0. The molecule has 2 unspecified atom stereocenters. The minimum absolute atomic E-state index is 0.0289. The molecule has 6 heteroatoms. The summed E-state index contributed by atoms with van der Waals surface area (Å²) in [7, 11) is 1.41. The van der Waals surface area contributed by atoms with E-state index in [0.717, 1.165) is 12.8 Å². The molecule has 0 amide bonds. The van der Waals surface area contributed by atoms with E-state index in [1.165, 1.54) is 19.2 Å². The third-order valence-electron chi connectivity index (χ3n) is 3.16. The second-order valence-electron chi connectivity index (χ2n) is 4.45. The van der Waals surface area contributed by atoms with E-state index in [0.29, 0.717) is 6.42 Å². The molecule has 2 atom stereocenters. The van der Waals surface area contributed by atoms with Gasteiger partial charge in [-0.1, -0.05) is 11.6 Å². The van der Waals surface area contributed by atoms with Crippen LogP contribution in [0.4, 0.5) is 0 Å². The molecule has 104 valence electrons. The Morgan fingerprint density at radius 1 is 1.42 bits per heavy atom. The first-order valence-electron chi connectivity index (χ1n) is 5.98. The molecule has 2 rings (SSSR count). The highest BCUT2D eigenvalue weighted by atomic mass is 35.5. The third kappa shape index (κ3) is 2.93. The van der Waals surface area contributed by atoms with Gasteiger partial charge in [-0.2, -0.15) is 0 Å². The van der Waals surface area contributed by atoms with Crippen LogP contribution in [0.1, 0.15) is 29.6 Å². The van der Waals surface area contributed by atoms with Gasteiger partial charge in [0.1, 0.15) is 6.10 Å². The Morgan fingerprint density at radius 3 is 2.68 bits per heavy atom. The van der Waals surface area contributed by atoms with E-state index in [2.05, 4.69) is 0 Å². The number of methoxy groups -OCH3 is 1. The van der Waals surface area contributed by atoms with Crippen LogP contribution in [0.3, 0.4) is 0 Å². The van der Waals surface area contributed by atoms with Crippen LogP contribution in [-0.2, 0) is 0 Å². The lowest BCUT2D eigenvalue weighted by molar-refractivity contribution is 0.0585. The summed E-state index contributed by atoms with van der Waals surface area (Å²) in [6, 6.07) is 2.66. The lowest BCUT2D eigenvalue weighted by Crippen LogP contribution is -2.26. The van der Waals surface area contributed by atoms with Gasteiger partial charge in [0.05, 0.1) is 23.8 Å². The van der Waals surface area contributed by atoms with Crippen molar-refractivity contribution in [2.75, 3.05) is 7.11 Å². The summed E-state index contributed by atoms with van der Waals surface area (Å²) in [6.45, 7) is 0. The molecule has 0 saturated heterocycles. The molecule has 5 nitrogen and oxygen atoms in total. The second kappa shape index (κ2) is 5.67. The van der Waals surface area contributed by atoms with E-state index in [4.69, 9.17) is 26.2 Å². The maximum absolute atomic E-state index is 10.9. The number of benzene rings is 1. The van der Waals surface area contributed by atoms with E-state index >= 15 is 0 Å². The lowest BCUT2D eigenvalue weighted by atomic mass is 10.2. The van der Waals surface area contributed by atoms with Gasteiger partial charge in [-0.3, -0.25) is 0 Å². The first-order chi connectivity index (χ1) is 9.02. The predicted octanol–water partition coefficient (Wildman–Crippen LogP) is 2.34. The monoisotopic (exact) mass is 286 g/mol. The average Bonchev–Trinajstić information content (AvgIpc) is 2.77. The van der Waals surface area contributed by atoms with Crippen molar-refractivity contribution in [2.24, 2.45) is 0 Å². The van der Waals surface area contributed by atoms with E-state index in [-0.39, 0.29) is 28.2 Å². The molecule has 1 aliphatic rings. The summed E-state index contributed by atoms with van der Waals surface area (Å²) >= 11 is 6.03. The van der Waals surface area contributed by atoms with Gasteiger partial charge in [-0.25, -0.2) is 4.79 Å². The number of carboxylic acids is 1. The minimum Gasteiger partial charge on any atom is -0.493 e. The number of halogens is 1. The lowest BCUT2D eigenvalue weighted by Gasteiger charge is -2.20. The molecule has 0 aromatic heterocycles. The van der Waals surface area contributed by atoms with Crippen LogP contribution in [0.25, 0.3) is 0 Å². The zero-order chi connectivity index (χ0) is 14.0. The van der Waals surface area contributed by atoms with Crippen LogP contribution < -0.4 is 9.47 Å². The molecule has 1 aromatic carbocycles. The van der Waals surface area contributed by atoms with Crippen LogP contribution in [-0.4, -0.2) is 35.5 Å². The maximum atomic E-state index is 10.9. The number of carbonyl (C=O) groups is 1. The largest absolute Gasteiger partial charge is 0.493 e. The number of carboxylic acid groups (broad SMARTS) is 1. The average molecular weight is 287 g/mol. The number of hydrogen-bond donors (Lipinski definition) is 2. The summed E-state index contributed by atoms with van der Waals surface area (Å²) in [5.41, 5.74) is 0.0289. The summed E-state index contributed by atoms with van der Waals surface area (Å²) in [6.07, 6.45) is 1.46. The van der Waals surface area contributed by atoms with Crippen LogP contribution in [0, 0.1) is 0 Å². The summed E-state index contributed by atoms with van der Waals surface area (Å²) in [5, 5.41) is 18.9. The van der Waals surface area contributed by atoms with Crippen molar-refractivity contribution < 1.29 is 24.5 Å². The van der Waals surface area contributed by atoms with Crippen molar-refractivity contribution in [2.45, 2.75) is 31.5 Å². The van der Waals surface area contributed by atoms with Gasteiger partial charge >= 0.3 is 5.97 Å². The van der Waals surface area contributed by atoms with Crippen molar-refractivity contribution in [3.05, 3.63) is 22.7 Å². The number of ether oxygens (including phenoxy) is 2. The Kier molecular flexibility index (Phi) is 4.17. The fourth-order valence-electron chi connectivity index (χ4n) is 2.15. The summed E-state index contributed by atoms with van der Waals surface area (Å²) < 4.78 is 10.8. The third-order valence-corrected chi connectivity index (χ3v) is 3.44. The Morgan fingerprint density at radius 2 is 2.16 bits per heavy atom. The molecule has 0 radical (unpaired) electrons. The van der Waals surface area contributed by atoms with Crippen molar-refractivity contribution in [1.29, 1.82) is 0 Å². The van der Waals surface area contributed by atoms with E-state index in [1.807, 2.05) is 0 Å². The Bertz CT molecular complexity index is 488. The first-order valence-corrected chi connectivity index (χ1v) is 6.36. The fraction of sp³-hybridized carbons (Fsp3) is 0.462. The number of aromatic carboxylic acids is 1. The van der Waals surface area contributed by atoms with Gasteiger partial charge in [0.2, 0.25) is 0 Å². The summed E-state index contributed by atoms with van der Waals surface area (Å²) in [4.78, 5) is 10.9. The van der Waals surface area contributed by atoms with Crippen molar-refractivity contribution in [3.8, 4) is 11.5 Å². The van der Waals surface area contributed by atoms with Gasteiger partial charge in [0, 0.05) is 0 Å². The maximum Gasteiger partial charge on any atom is 0.335 e. The zero-order valence-corrected chi connectivity index (χ0v) is 11.2. The number of aliphatic hydroxyl groups excluding tert-OH is 1. The summed E-state index contributed by atoms with van der Waals surface area (Å²) in [5.74, 6) is -0.559. The predicted molar refractivity (Wildman–Crippen MR) is 69.2 cm³/mol. The molecule has 1 saturated carbocycles. The Hall–Kier alpha value is -1.46. The SMILES string of the molecule is COc1cc(C(=O)O)cc(Cl)c1OC1CCCC1O. The zero-order valence-electron chi connectivity index (χ0n) is 10.4. The van der Waals surface area contributed by atoms with Gasteiger partial charge in [-0.05, 0) is 31.4 Å². The topological polar surface area (TPSA) is 76.0 Å². The minimum atomic E-state index is -1.09. The molecule has 0 aliphatic heterocycles. The molecule has 0 heterocycles. The van der Waals surface area contributed by atoms with Crippen molar-refractivity contribution in [3.63, 3.8) is 0 Å². The second-order valence-corrected chi connectivity index (χ2v) is 4.86. The molecule has 0 spiro atoms. The molecule has 19 heavy (non-hydrogen) atoms. The van der Waals surface area contributed by atoms with Crippen LogP contribution >= 0.6 is 11.6 Å². The van der Waals surface area contributed by atoms with Gasteiger partial charge in [0.25, 0.3) is 0 Å². The molecular formula is C13H15ClO5. The number of hydrogen-bond acceptors (Lipinski definition) is 4.